The van der Waals surface area contributed by atoms with Crippen LogP contribution in [0.4, 0.5) is 11.4 Å². The van der Waals surface area contributed by atoms with Crippen LogP contribution in [0.5, 0.6) is 0 Å². The van der Waals surface area contributed by atoms with E-state index < -0.39 is 0 Å². The number of piperidine rings is 1. The van der Waals surface area contributed by atoms with Crippen molar-refractivity contribution in [2.75, 3.05) is 23.3 Å². The lowest BCUT2D eigenvalue weighted by Crippen LogP contribution is -2.43. The average molecular weight is 524 g/mol. The number of hydrogen-bond donors (Lipinski definition) is 1. The Labute approximate surface area is 231 Å². The molecular weight excluding hydrogens is 486 g/mol. The van der Waals surface area contributed by atoms with Gasteiger partial charge >= 0.3 is 0 Å². The summed E-state index contributed by atoms with van der Waals surface area (Å²) in [7, 11) is 0. The van der Waals surface area contributed by atoms with Crippen LogP contribution in [0, 0.1) is 0 Å². The average Bonchev–Trinajstić information content (AvgIpc) is 2.97. The van der Waals surface area contributed by atoms with Crippen molar-refractivity contribution in [2.45, 2.75) is 64.3 Å². The zero-order valence-electron chi connectivity index (χ0n) is 23.0. The summed E-state index contributed by atoms with van der Waals surface area (Å²) < 4.78 is 0. The highest BCUT2D eigenvalue weighted by Gasteiger charge is 2.35. The van der Waals surface area contributed by atoms with Gasteiger partial charge in [-0.1, -0.05) is 49.4 Å². The summed E-state index contributed by atoms with van der Waals surface area (Å²) in [5, 5.41) is 2.91. The monoisotopic (exact) mass is 523 g/mol. The second kappa shape index (κ2) is 11.4. The van der Waals surface area contributed by atoms with Gasteiger partial charge in [0.1, 0.15) is 0 Å². The quantitative estimate of drug-likeness (QED) is 0.425. The summed E-state index contributed by atoms with van der Waals surface area (Å²) in [5.74, 6) is 0.746. The van der Waals surface area contributed by atoms with Crippen LogP contribution in [0.2, 0.25) is 0 Å². The maximum absolute atomic E-state index is 13.8. The maximum atomic E-state index is 13.8. The van der Waals surface area contributed by atoms with Crippen LogP contribution in [0.15, 0.2) is 72.8 Å². The third-order valence-corrected chi connectivity index (χ3v) is 8.30. The number of likely N-dealkylation sites (tertiary alicyclic amines) is 1. The first kappa shape index (κ1) is 26.7. The summed E-state index contributed by atoms with van der Waals surface area (Å²) in [5.41, 5.74) is 6.00. The van der Waals surface area contributed by atoms with Gasteiger partial charge in [-0.15, -0.1) is 0 Å². The van der Waals surface area contributed by atoms with Crippen molar-refractivity contribution in [3.63, 3.8) is 0 Å². The highest BCUT2D eigenvalue weighted by atomic mass is 16.2. The minimum Gasteiger partial charge on any atom is -0.343 e. The summed E-state index contributed by atoms with van der Waals surface area (Å²) in [6.07, 6.45) is 3.17. The number of fused-ring (bicyclic) bond motifs is 1. The molecule has 2 aliphatic rings. The zero-order valence-corrected chi connectivity index (χ0v) is 23.0. The summed E-state index contributed by atoms with van der Waals surface area (Å²) in [4.78, 5) is 41.1. The van der Waals surface area contributed by atoms with Crippen molar-refractivity contribution in [1.82, 2.24) is 4.90 Å². The van der Waals surface area contributed by atoms with Crippen molar-refractivity contribution in [1.29, 1.82) is 0 Å². The SMILES string of the molecule is CCC(=O)Nc1ccc(C2CC(C)N(C(=O)c3ccc(C4CCN(C(C)=O)CC4)cc3)c3ccccc32)cc1. The fraction of sp³-hybridized carbons (Fsp3) is 0.364. The molecule has 3 aromatic rings. The number of nitrogens with one attached hydrogen (secondary N) is 1. The molecule has 0 aliphatic carbocycles. The van der Waals surface area contributed by atoms with Crippen LogP contribution in [-0.2, 0) is 9.59 Å². The van der Waals surface area contributed by atoms with E-state index in [1.807, 2.05) is 59.2 Å². The molecule has 1 fully saturated rings. The van der Waals surface area contributed by atoms with E-state index in [4.69, 9.17) is 0 Å². The molecule has 0 aromatic heterocycles. The molecule has 202 valence electrons. The number of benzene rings is 3. The number of anilines is 2. The Morgan fingerprint density at radius 1 is 0.872 bits per heavy atom. The van der Waals surface area contributed by atoms with Gasteiger partial charge in [-0.2, -0.15) is 0 Å². The van der Waals surface area contributed by atoms with Gasteiger partial charge < -0.3 is 15.1 Å². The van der Waals surface area contributed by atoms with Crippen LogP contribution in [-0.4, -0.2) is 41.8 Å². The lowest BCUT2D eigenvalue weighted by Gasteiger charge is -2.40. The second-order valence-corrected chi connectivity index (χ2v) is 10.8. The van der Waals surface area contributed by atoms with Crippen LogP contribution in [0.25, 0.3) is 0 Å². The van der Waals surface area contributed by atoms with E-state index in [-0.39, 0.29) is 29.7 Å². The Morgan fingerprint density at radius 3 is 2.15 bits per heavy atom. The summed E-state index contributed by atoms with van der Waals surface area (Å²) >= 11 is 0. The molecule has 2 aliphatic heterocycles. The molecule has 3 amide bonds. The van der Waals surface area contributed by atoms with E-state index in [0.29, 0.717) is 17.9 Å². The van der Waals surface area contributed by atoms with Gasteiger partial charge in [0.2, 0.25) is 11.8 Å². The van der Waals surface area contributed by atoms with Crippen LogP contribution >= 0.6 is 0 Å². The Bertz CT molecular complexity index is 1340. The molecule has 39 heavy (non-hydrogen) atoms. The van der Waals surface area contributed by atoms with Crippen LogP contribution in [0.1, 0.15) is 85.3 Å². The minimum absolute atomic E-state index is 0.0000568. The Hall–Kier alpha value is -3.93. The first-order valence-electron chi connectivity index (χ1n) is 14.0. The van der Waals surface area contributed by atoms with Crippen molar-refractivity contribution in [2.24, 2.45) is 0 Å². The number of nitrogens with zero attached hydrogens (tertiary/aromatic N) is 2. The van der Waals surface area contributed by atoms with Crippen molar-refractivity contribution in [3.8, 4) is 0 Å². The van der Waals surface area contributed by atoms with Gasteiger partial charge in [0.05, 0.1) is 0 Å². The first-order valence-corrected chi connectivity index (χ1v) is 14.0. The zero-order chi connectivity index (χ0) is 27.5. The van der Waals surface area contributed by atoms with Crippen LogP contribution < -0.4 is 10.2 Å². The fourth-order valence-corrected chi connectivity index (χ4v) is 6.05. The molecule has 2 heterocycles. The maximum Gasteiger partial charge on any atom is 0.258 e. The van der Waals surface area contributed by atoms with E-state index in [1.54, 1.807) is 6.92 Å². The van der Waals surface area contributed by atoms with E-state index in [0.717, 1.165) is 49.3 Å². The lowest BCUT2D eigenvalue weighted by molar-refractivity contribution is -0.129. The largest absolute Gasteiger partial charge is 0.343 e. The lowest BCUT2D eigenvalue weighted by atomic mass is 9.81. The molecule has 2 atom stereocenters. The third-order valence-electron chi connectivity index (χ3n) is 8.30. The van der Waals surface area contributed by atoms with E-state index >= 15 is 0 Å². The number of amides is 3. The predicted octanol–water partition coefficient (Wildman–Crippen LogP) is 6.33. The highest BCUT2D eigenvalue weighted by Crippen LogP contribution is 2.43. The molecule has 1 saturated heterocycles. The summed E-state index contributed by atoms with van der Waals surface area (Å²) in [6.45, 7) is 7.17. The number of hydrogen-bond acceptors (Lipinski definition) is 3. The number of carbonyl (C=O) groups is 3. The Balaban J connectivity index is 1.34. The van der Waals surface area contributed by atoms with Gasteiger partial charge in [-0.25, -0.2) is 0 Å². The Morgan fingerprint density at radius 2 is 1.51 bits per heavy atom. The second-order valence-electron chi connectivity index (χ2n) is 10.8. The minimum atomic E-state index is -0.0000568. The van der Waals surface area contributed by atoms with Gasteiger partial charge in [-0.05, 0) is 79.1 Å². The molecule has 0 saturated carbocycles. The normalized spacial score (nSPS) is 19.4. The molecule has 3 aromatic carbocycles. The van der Waals surface area contributed by atoms with Gasteiger partial charge in [0.15, 0.2) is 0 Å². The molecule has 0 spiro atoms. The molecule has 1 N–H and O–H groups in total. The van der Waals surface area contributed by atoms with E-state index in [2.05, 4.69) is 42.6 Å². The number of carbonyl (C=O) groups excluding carboxylic acids is 3. The number of rotatable bonds is 5. The highest BCUT2D eigenvalue weighted by molar-refractivity contribution is 6.07. The van der Waals surface area contributed by atoms with E-state index in [1.165, 1.54) is 11.1 Å². The Kier molecular flexibility index (Phi) is 7.82. The molecule has 0 radical (unpaired) electrons. The van der Waals surface area contributed by atoms with Gasteiger partial charge in [-0.3, -0.25) is 14.4 Å². The summed E-state index contributed by atoms with van der Waals surface area (Å²) in [6, 6.07) is 24.4. The molecule has 0 bridgehead atoms. The number of para-hydroxylation sites is 1. The van der Waals surface area contributed by atoms with Crippen molar-refractivity contribution < 1.29 is 14.4 Å². The molecular formula is C33H37N3O3. The van der Waals surface area contributed by atoms with E-state index in [9.17, 15) is 14.4 Å². The van der Waals surface area contributed by atoms with Crippen molar-refractivity contribution >= 4 is 29.1 Å². The van der Waals surface area contributed by atoms with Gasteiger partial charge in [0.25, 0.3) is 5.91 Å². The fourth-order valence-electron chi connectivity index (χ4n) is 6.05. The van der Waals surface area contributed by atoms with Gasteiger partial charge in [0, 0.05) is 55.3 Å². The third kappa shape index (κ3) is 5.60. The topological polar surface area (TPSA) is 69.7 Å². The smallest absolute Gasteiger partial charge is 0.258 e. The van der Waals surface area contributed by atoms with Crippen LogP contribution in [0.3, 0.4) is 0 Å². The molecule has 6 nitrogen and oxygen atoms in total. The molecule has 6 heteroatoms. The standard InChI is InChI=1S/C33H37N3O3/c1-4-32(38)34-28-15-13-26(14-16-28)30-21-22(2)36(31-8-6-5-7-29(30)31)33(39)27-11-9-24(10-12-27)25-17-19-35(20-18-25)23(3)37/h5-16,22,25,30H,4,17-21H2,1-3H3,(H,34,38). The molecule has 5 rings (SSSR count). The first-order chi connectivity index (χ1) is 18.9. The molecule has 2 unspecified atom stereocenters. The predicted molar refractivity (Wildman–Crippen MR) is 155 cm³/mol. The van der Waals surface area contributed by atoms with Crippen molar-refractivity contribution in [3.05, 3.63) is 95.1 Å².